The first-order valence-electron chi connectivity index (χ1n) is 14.9. The fourth-order valence-corrected chi connectivity index (χ4v) is 9.57. The third-order valence-electron chi connectivity index (χ3n) is 7.28. The van der Waals surface area contributed by atoms with E-state index in [0.29, 0.717) is 13.0 Å². The predicted octanol–water partition coefficient (Wildman–Crippen LogP) is 5.99. The van der Waals surface area contributed by atoms with E-state index in [4.69, 9.17) is 22.6 Å². The number of thioether (sulfide) groups is 2. The van der Waals surface area contributed by atoms with E-state index in [9.17, 15) is 16.8 Å². The van der Waals surface area contributed by atoms with Crippen molar-refractivity contribution >= 4 is 43.8 Å². The maximum atomic E-state index is 12.4. The summed E-state index contributed by atoms with van der Waals surface area (Å²) in [6, 6.07) is 27.3. The summed E-state index contributed by atoms with van der Waals surface area (Å²) < 4.78 is 77.4. The zero-order valence-corrected chi connectivity index (χ0v) is 29.5. The monoisotopic (exact) mass is 710 g/mol. The molecule has 0 N–H and O–H groups in total. The van der Waals surface area contributed by atoms with Gasteiger partial charge < -0.3 is 14.2 Å². The van der Waals surface area contributed by atoms with E-state index in [0.717, 1.165) is 52.9 Å². The summed E-state index contributed by atoms with van der Waals surface area (Å²) in [5.74, 6) is 2.71. The molecule has 1 fully saturated rings. The number of hydrogen-bond donors (Lipinski definition) is 0. The highest BCUT2D eigenvalue weighted by Gasteiger charge is 2.40. The van der Waals surface area contributed by atoms with E-state index < -0.39 is 45.2 Å². The van der Waals surface area contributed by atoms with Crippen molar-refractivity contribution in [2.45, 2.75) is 54.9 Å². The minimum Gasteiger partial charge on any atom is -0.497 e. The van der Waals surface area contributed by atoms with Crippen LogP contribution in [0, 0.1) is 0 Å². The molecule has 0 aliphatic carbocycles. The second-order valence-corrected chi connectivity index (χ2v) is 17.3. The molecule has 0 unspecified atom stereocenters. The molecule has 9 nitrogen and oxygen atoms in total. The Labute approximate surface area is 281 Å². The maximum absolute atomic E-state index is 12.4. The molecular weight excluding hydrogens is 669 g/mol. The van der Waals surface area contributed by atoms with Crippen molar-refractivity contribution in [3.63, 3.8) is 0 Å². The van der Waals surface area contributed by atoms with Crippen molar-refractivity contribution in [1.82, 2.24) is 0 Å². The fourth-order valence-electron chi connectivity index (χ4n) is 5.10. The zero-order valence-electron chi connectivity index (χ0n) is 26.3. The molecule has 0 bridgehead atoms. The van der Waals surface area contributed by atoms with Gasteiger partial charge in [0.1, 0.15) is 11.9 Å². The SMILES string of the molecule is COc1ccc(C2(C[C@@H](C[C@H](OCc3ccccc3)[C@@H](COS(C)(=O)=O)OS(C)(=O)=O)OCc3ccccc3)SCCCS2)cc1. The van der Waals surface area contributed by atoms with Gasteiger partial charge in [-0.05, 0) is 46.7 Å². The van der Waals surface area contributed by atoms with Crippen molar-refractivity contribution in [3.05, 3.63) is 102 Å². The van der Waals surface area contributed by atoms with E-state index in [1.807, 2.05) is 96.3 Å². The van der Waals surface area contributed by atoms with Crippen LogP contribution in [-0.4, -0.2) is 72.9 Å². The lowest BCUT2D eigenvalue weighted by Crippen LogP contribution is -2.41. The quantitative estimate of drug-likeness (QED) is 0.145. The highest BCUT2D eigenvalue weighted by Crippen LogP contribution is 2.54. The Morgan fingerprint density at radius 2 is 1.30 bits per heavy atom. The number of ether oxygens (including phenoxy) is 3. The smallest absolute Gasteiger partial charge is 0.264 e. The summed E-state index contributed by atoms with van der Waals surface area (Å²) in [5.41, 5.74) is 2.98. The van der Waals surface area contributed by atoms with Crippen molar-refractivity contribution in [3.8, 4) is 5.75 Å². The molecule has 0 radical (unpaired) electrons. The van der Waals surface area contributed by atoms with Gasteiger partial charge >= 0.3 is 0 Å². The molecule has 4 rings (SSSR count). The summed E-state index contributed by atoms with van der Waals surface area (Å²) in [4.78, 5) is 0. The minimum absolute atomic E-state index is 0.145. The molecular formula is C33H42O9S4. The summed E-state index contributed by atoms with van der Waals surface area (Å²) in [7, 11) is -6.28. The second-order valence-electron chi connectivity index (χ2n) is 11.1. The van der Waals surface area contributed by atoms with E-state index in [-0.39, 0.29) is 17.1 Å². The van der Waals surface area contributed by atoms with E-state index in [1.165, 1.54) is 0 Å². The molecule has 3 atom stereocenters. The lowest BCUT2D eigenvalue weighted by molar-refractivity contribution is -0.0823. The van der Waals surface area contributed by atoms with Crippen LogP contribution in [0.25, 0.3) is 0 Å². The third kappa shape index (κ3) is 12.2. The van der Waals surface area contributed by atoms with Gasteiger partial charge in [0.05, 0.1) is 55.7 Å². The van der Waals surface area contributed by atoms with Gasteiger partial charge in [-0.1, -0.05) is 72.8 Å². The molecule has 46 heavy (non-hydrogen) atoms. The molecule has 3 aromatic rings. The van der Waals surface area contributed by atoms with Crippen molar-refractivity contribution in [2.75, 3.05) is 37.7 Å². The number of hydrogen-bond acceptors (Lipinski definition) is 11. The molecule has 252 valence electrons. The van der Waals surface area contributed by atoms with E-state index >= 15 is 0 Å². The summed E-state index contributed by atoms with van der Waals surface area (Å²) in [6.07, 6.45) is 1.11. The Kier molecular flexibility index (Phi) is 13.8. The van der Waals surface area contributed by atoms with Crippen LogP contribution in [-0.2, 0) is 55.4 Å². The molecule has 0 amide bonds. The van der Waals surface area contributed by atoms with Crippen LogP contribution < -0.4 is 4.74 Å². The van der Waals surface area contributed by atoms with E-state index in [2.05, 4.69) is 12.1 Å². The Bertz CT molecular complexity index is 1550. The Morgan fingerprint density at radius 3 is 1.83 bits per heavy atom. The topological polar surface area (TPSA) is 114 Å². The molecule has 0 saturated carbocycles. The van der Waals surface area contributed by atoms with Crippen molar-refractivity contribution < 1.29 is 39.4 Å². The van der Waals surface area contributed by atoms with Gasteiger partial charge in [0.15, 0.2) is 0 Å². The highest BCUT2D eigenvalue weighted by atomic mass is 32.2. The Balaban J connectivity index is 1.69. The Hall–Kier alpha value is -2.10. The van der Waals surface area contributed by atoms with Gasteiger partial charge in [-0.25, -0.2) is 0 Å². The van der Waals surface area contributed by atoms with Crippen LogP contribution in [0.15, 0.2) is 84.9 Å². The first kappa shape index (κ1) is 36.7. The molecule has 0 spiro atoms. The predicted molar refractivity (Wildman–Crippen MR) is 184 cm³/mol. The highest BCUT2D eigenvalue weighted by molar-refractivity contribution is 8.18. The first-order valence-corrected chi connectivity index (χ1v) is 20.5. The van der Waals surface area contributed by atoms with Crippen LogP contribution in [0.3, 0.4) is 0 Å². The standard InChI is InChI=1S/C33H42O9S4/c1-38-29-17-15-28(16-18-29)33(43-19-10-20-44-33)22-30(39-23-26-11-6-4-7-12-26)21-31(40-24-27-13-8-5-9-14-27)32(42-46(3,36)37)25-41-45(2,34)35/h4-9,11-18,30-32H,10,19-25H2,1-3H3/t30-,31+,32-/m1/s1. The van der Waals surface area contributed by atoms with Crippen molar-refractivity contribution in [1.29, 1.82) is 0 Å². The average molecular weight is 711 g/mol. The molecule has 3 aromatic carbocycles. The summed E-state index contributed by atoms with van der Waals surface area (Å²) in [5, 5.41) is 0. The van der Waals surface area contributed by atoms with Gasteiger partial charge in [-0.2, -0.15) is 16.8 Å². The van der Waals surface area contributed by atoms with Crippen LogP contribution in [0.1, 0.15) is 36.0 Å². The van der Waals surface area contributed by atoms with Gasteiger partial charge in [0.25, 0.3) is 20.2 Å². The third-order valence-corrected chi connectivity index (χ3v) is 11.9. The number of methoxy groups -OCH3 is 1. The second kappa shape index (κ2) is 17.3. The van der Waals surface area contributed by atoms with Crippen LogP contribution in [0.2, 0.25) is 0 Å². The van der Waals surface area contributed by atoms with Crippen LogP contribution in [0.4, 0.5) is 0 Å². The first-order chi connectivity index (χ1) is 21.9. The van der Waals surface area contributed by atoms with Gasteiger partial charge in [0, 0.05) is 12.8 Å². The normalized spacial score (nSPS) is 17.2. The molecule has 0 aromatic heterocycles. The molecule has 1 aliphatic rings. The summed E-state index contributed by atoms with van der Waals surface area (Å²) >= 11 is 3.73. The van der Waals surface area contributed by atoms with Crippen LogP contribution in [0.5, 0.6) is 5.75 Å². The maximum Gasteiger partial charge on any atom is 0.264 e. The number of rotatable bonds is 18. The fraction of sp³-hybridized carbons (Fsp3) is 0.455. The average Bonchev–Trinajstić information content (AvgIpc) is 3.04. The number of benzene rings is 3. The minimum atomic E-state index is -4.01. The lowest BCUT2D eigenvalue weighted by atomic mass is 9.99. The van der Waals surface area contributed by atoms with Gasteiger partial charge in [-0.3, -0.25) is 8.37 Å². The Morgan fingerprint density at radius 1 is 0.739 bits per heavy atom. The van der Waals surface area contributed by atoms with Crippen LogP contribution >= 0.6 is 23.5 Å². The molecule has 1 aliphatic heterocycles. The molecule has 13 heteroatoms. The molecule has 1 saturated heterocycles. The van der Waals surface area contributed by atoms with Gasteiger partial charge in [-0.15, -0.1) is 23.5 Å². The zero-order chi connectivity index (χ0) is 33.0. The van der Waals surface area contributed by atoms with E-state index in [1.54, 1.807) is 7.11 Å². The summed E-state index contributed by atoms with van der Waals surface area (Å²) in [6.45, 7) is -0.0706. The largest absolute Gasteiger partial charge is 0.497 e. The molecule has 1 heterocycles. The lowest BCUT2D eigenvalue weighted by Gasteiger charge is -2.40. The van der Waals surface area contributed by atoms with Crippen molar-refractivity contribution in [2.24, 2.45) is 0 Å². The van der Waals surface area contributed by atoms with Gasteiger partial charge in [0.2, 0.25) is 0 Å².